The van der Waals surface area contributed by atoms with Crippen LogP contribution in [-0.4, -0.2) is 0 Å². The molecule has 0 unspecified atom stereocenters. The van der Waals surface area contributed by atoms with Gasteiger partial charge in [-0.1, -0.05) is 121 Å². The van der Waals surface area contributed by atoms with E-state index in [1.807, 2.05) is 6.08 Å². The van der Waals surface area contributed by atoms with Crippen molar-refractivity contribution in [2.75, 3.05) is 0 Å². The van der Waals surface area contributed by atoms with Crippen LogP contribution in [0.25, 0.3) is 71.4 Å². The molecular weight excluding hydrogens is 484 g/mol. The van der Waals surface area contributed by atoms with Crippen molar-refractivity contribution in [3.05, 3.63) is 151 Å². The maximum absolute atomic E-state index is 6.27. The summed E-state index contributed by atoms with van der Waals surface area (Å²) in [6.45, 7) is 0. The molecule has 0 radical (unpaired) electrons. The van der Waals surface area contributed by atoms with Gasteiger partial charge in [0, 0.05) is 5.70 Å². The van der Waals surface area contributed by atoms with Gasteiger partial charge in [-0.05, 0) is 95.7 Å². The van der Waals surface area contributed by atoms with Crippen LogP contribution in [0, 0.1) is 0 Å². The van der Waals surface area contributed by atoms with E-state index >= 15 is 0 Å². The van der Waals surface area contributed by atoms with E-state index in [-0.39, 0.29) is 0 Å². The van der Waals surface area contributed by atoms with Gasteiger partial charge in [-0.25, -0.2) is 0 Å². The van der Waals surface area contributed by atoms with Crippen LogP contribution in [0.3, 0.4) is 0 Å². The number of allylic oxidation sites excluding steroid dienone is 2. The first-order chi connectivity index (χ1) is 19.7. The van der Waals surface area contributed by atoms with Crippen LogP contribution in [0.5, 0.6) is 0 Å². The number of hydrogen-bond acceptors (Lipinski definition) is 2. The van der Waals surface area contributed by atoms with Crippen molar-refractivity contribution in [1.29, 1.82) is 0 Å². The molecule has 0 saturated carbocycles. The standard InChI is InChI=1S/C38H28N2/c39-23-5-10-36(40)29-17-15-28(16-18-29)35-24-34(27-13-11-26(12-14-27)25-6-2-1-3-7-25)32-21-19-30-8-4-9-31-20-22-33(35)38(32)37(30)31/h1-24H,39-40H2/b23-5-,36-10-. The van der Waals surface area contributed by atoms with Gasteiger partial charge in [0.2, 0.25) is 0 Å². The molecule has 0 aliphatic heterocycles. The van der Waals surface area contributed by atoms with Gasteiger partial charge in [0.15, 0.2) is 0 Å². The number of rotatable bonds is 5. The molecule has 0 aliphatic carbocycles. The summed E-state index contributed by atoms with van der Waals surface area (Å²) in [6, 6.07) is 45.9. The SMILES string of the molecule is N/C=C\C=C(/N)c1ccc(-c2cc(-c3ccc(-c4ccccc4)cc3)c3ccc4cccc5ccc2c3c54)cc1. The van der Waals surface area contributed by atoms with Crippen LogP contribution in [0.2, 0.25) is 0 Å². The Morgan fingerprint density at radius 2 is 1.05 bits per heavy atom. The van der Waals surface area contributed by atoms with Gasteiger partial charge in [-0.3, -0.25) is 0 Å². The Balaban J connectivity index is 1.46. The molecule has 0 saturated heterocycles. The fourth-order valence-electron chi connectivity index (χ4n) is 5.88. The summed E-state index contributed by atoms with van der Waals surface area (Å²) < 4.78 is 0. The minimum absolute atomic E-state index is 0.683. The van der Waals surface area contributed by atoms with Crippen LogP contribution in [0.15, 0.2) is 146 Å². The zero-order chi connectivity index (χ0) is 27.1. The molecule has 2 nitrogen and oxygen atoms in total. The minimum atomic E-state index is 0.683. The predicted molar refractivity (Wildman–Crippen MR) is 172 cm³/mol. The van der Waals surface area contributed by atoms with E-state index < -0.39 is 0 Å². The molecule has 190 valence electrons. The lowest BCUT2D eigenvalue weighted by Crippen LogP contribution is -1.96. The van der Waals surface area contributed by atoms with Crippen molar-refractivity contribution in [1.82, 2.24) is 0 Å². The summed E-state index contributed by atoms with van der Waals surface area (Å²) in [7, 11) is 0. The Morgan fingerprint density at radius 3 is 1.65 bits per heavy atom. The number of benzene rings is 7. The molecule has 0 aliphatic rings. The average molecular weight is 513 g/mol. The molecule has 0 aromatic heterocycles. The fraction of sp³-hybridized carbons (Fsp3) is 0. The van der Waals surface area contributed by atoms with Gasteiger partial charge < -0.3 is 11.5 Å². The van der Waals surface area contributed by atoms with Crippen molar-refractivity contribution in [3.63, 3.8) is 0 Å². The van der Waals surface area contributed by atoms with Crippen molar-refractivity contribution < 1.29 is 0 Å². The van der Waals surface area contributed by atoms with E-state index in [1.54, 1.807) is 6.08 Å². The predicted octanol–water partition coefficient (Wildman–Crippen LogP) is 9.36. The molecule has 7 rings (SSSR count). The van der Waals surface area contributed by atoms with E-state index in [0.717, 1.165) is 11.1 Å². The van der Waals surface area contributed by atoms with Gasteiger partial charge >= 0.3 is 0 Å². The number of hydrogen-bond donors (Lipinski definition) is 2. The highest BCUT2D eigenvalue weighted by atomic mass is 14.6. The van der Waals surface area contributed by atoms with Crippen molar-refractivity contribution >= 4 is 38.0 Å². The average Bonchev–Trinajstić information content (AvgIpc) is 3.03. The minimum Gasteiger partial charge on any atom is -0.405 e. The Hall–Kier alpha value is -5.34. The van der Waals surface area contributed by atoms with E-state index in [4.69, 9.17) is 11.5 Å². The Bertz CT molecular complexity index is 2020. The quantitative estimate of drug-likeness (QED) is 0.178. The van der Waals surface area contributed by atoms with Gasteiger partial charge in [-0.2, -0.15) is 0 Å². The Labute approximate surface area is 233 Å². The summed E-state index contributed by atoms with van der Waals surface area (Å²) in [4.78, 5) is 0. The molecule has 2 heteroatoms. The topological polar surface area (TPSA) is 52.0 Å². The third kappa shape index (κ3) is 3.98. The van der Waals surface area contributed by atoms with Crippen molar-refractivity contribution in [2.24, 2.45) is 11.5 Å². The molecular formula is C38H28N2. The third-order valence-corrected chi connectivity index (χ3v) is 7.86. The zero-order valence-electron chi connectivity index (χ0n) is 22.0. The highest BCUT2D eigenvalue weighted by molar-refractivity contribution is 6.28. The molecule has 0 amide bonds. The lowest BCUT2D eigenvalue weighted by molar-refractivity contribution is 1.50. The second-order valence-electron chi connectivity index (χ2n) is 10.2. The highest BCUT2D eigenvalue weighted by Gasteiger charge is 2.16. The third-order valence-electron chi connectivity index (χ3n) is 7.86. The highest BCUT2D eigenvalue weighted by Crippen LogP contribution is 2.44. The van der Waals surface area contributed by atoms with Crippen LogP contribution >= 0.6 is 0 Å². The van der Waals surface area contributed by atoms with Crippen LogP contribution < -0.4 is 11.5 Å². The van der Waals surface area contributed by atoms with Gasteiger partial charge in [0.05, 0.1) is 0 Å². The molecule has 0 fully saturated rings. The molecule has 0 atom stereocenters. The second-order valence-corrected chi connectivity index (χ2v) is 10.2. The van der Waals surface area contributed by atoms with Crippen LogP contribution in [0.1, 0.15) is 5.56 Å². The number of nitrogens with two attached hydrogens (primary N) is 2. The molecule has 0 spiro atoms. The maximum atomic E-state index is 6.27. The maximum Gasteiger partial charge on any atom is 0.0388 e. The summed E-state index contributed by atoms with van der Waals surface area (Å²) >= 11 is 0. The van der Waals surface area contributed by atoms with E-state index in [1.165, 1.54) is 66.3 Å². The lowest BCUT2D eigenvalue weighted by atomic mass is 9.85. The molecule has 7 aromatic carbocycles. The summed E-state index contributed by atoms with van der Waals surface area (Å²) in [5.41, 5.74) is 20.7. The van der Waals surface area contributed by atoms with Gasteiger partial charge in [0.1, 0.15) is 0 Å². The van der Waals surface area contributed by atoms with E-state index in [2.05, 4.69) is 127 Å². The summed E-state index contributed by atoms with van der Waals surface area (Å²) in [6.07, 6.45) is 5.06. The molecule has 40 heavy (non-hydrogen) atoms. The first kappa shape index (κ1) is 23.8. The van der Waals surface area contributed by atoms with Crippen LogP contribution in [0.4, 0.5) is 0 Å². The van der Waals surface area contributed by atoms with Gasteiger partial charge in [0.25, 0.3) is 0 Å². The Morgan fingerprint density at radius 1 is 0.500 bits per heavy atom. The Kier molecular flexibility index (Phi) is 5.79. The smallest absolute Gasteiger partial charge is 0.0388 e. The fourth-order valence-corrected chi connectivity index (χ4v) is 5.88. The molecule has 0 heterocycles. The van der Waals surface area contributed by atoms with Crippen molar-refractivity contribution in [3.8, 4) is 33.4 Å². The first-order valence-corrected chi connectivity index (χ1v) is 13.5. The van der Waals surface area contributed by atoms with E-state index in [9.17, 15) is 0 Å². The summed E-state index contributed by atoms with van der Waals surface area (Å²) in [5.74, 6) is 0. The molecule has 0 bridgehead atoms. The van der Waals surface area contributed by atoms with E-state index in [0.29, 0.717) is 5.70 Å². The van der Waals surface area contributed by atoms with Crippen molar-refractivity contribution in [2.45, 2.75) is 0 Å². The lowest BCUT2D eigenvalue weighted by Gasteiger charge is -2.18. The molecule has 4 N–H and O–H groups in total. The second kappa shape index (κ2) is 9.76. The normalized spacial score (nSPS) is 12.2. The summed E-state index contributed by atoms with van der Waals surface area (Å²) in [5, 5.41) is 7.68. The monoisotopic (exact) mass is 512 g/mol. The zero-order valence-corrected chi connectivity index (χ0v) is 22.0. The largest absolute Gasteiger partial charge is 0.405 e. The van der Waals surface area contributed by atoms with Gasteiger partial charge in [-0.15, -0.1) is 0 Å². The first-order valence-electron chi connectivity index (χ1n) is 13.5. The van der Waals surface area contributed by atoms with Crippen LogP contribution in [-0.2, 0) is 0 Å². The molecule has 7 aromatic rings.